The highest BCUT2D eigenvalue weighted by atomic mass is 79.9. The highest BCUT2D eigenvalue weighted by Gasteiger charge is 2.13. The molecule has 0 amide bonds. The van der Waals surface area contributed by atoms with Gasteiger partial charge in [-0.2, -0.15) is 0 Å². The minimum Gasteiger partial charge on any atom is -0.317 e. The topological polar surface area (TPSA) is 12.0 Å². The molecule has 0 saturated heterocycles. The van der Waals surface area contributed by atoms with Gasteiger partial charge in [0.25, 0.3) is 0 Å². The summed E-state index contributed by atoms with van der Waals surface area (Å²) in [4.78, 5) is 3.01. The third-order valence-corrected chi connectivity index (χ3v) is 5.73. The van der Waals surface area contributed by atoms with Crippen LogP contribution in [0, 0.1) is 5.92 Å². The Hall–Kier alpha value is -0.640. The number of hydrogen-bond donors (Lipinski definition) is 1. The number of nitrogens with one attached hydrogen (secondary N) is 1. The molecule has 0 aliphatic heterocycles. The van der Waals surface area contributed by atoms with E-state index in [1.165, 1.54) is 26.2 Å². The molecule has 2 rings (SSSR count). The molecule has 1 nitrogen and oxygen atoms in total. The summed E-state index contributed by atoms with van der Waals surface area (Å²) in [5.41, 5.74) is 1.41. The van der Waals surface area contributed by atoms with Gasteiger partial charge in [-0.1, -0.05) is 48.0 Å². The van der Waals surface area contributed by atoms with Crippen LogP contribution in [0.2, 0.25) is 0 Å². The Morgan fingerprint density at radius 2 is 1.81 bits per heavy atom. The van der Waals surface area contributed by atoms with Gasteiger partial charge in [0.05, 0.1) is 0 Å². The van der Waals surface area contributed by atoms with E-state index in [-0.39, 0.29) is 0 Å². The lowest BCUT2D eigenvalue weighted by Gasteiger charge is -2.17. The molecule has 114 valence electrons. The van der Waals surface area contributed by atoms with E-state index in [2.05, 4.69) is 71.5 Å². The molecular formula is C18H24BrNS. The number of aryl methyl sites for hydroxylation is 1. The van der Waals surface area contributed by atoms with Crippen LogP contribution in [0.25, 0.3) is 0 Å². The first-order chi connectivity index (χ1) is 10.2. The molecule has 1 aromatic heterocycles. The highest BCUT2D eigenvalue weighted by Crippen LogP contribution is 2.24. The van der Waals surface area contributed by atoms with Crippen molar-refractivity contribution in [3.63, 3.8) is 0 Å². The Morgan fingerprint density at radius 3 is 2.48 bits per heavy atom. The monoisotopic (exact) mass is 365 g/mol. The summed E-state index contributed by atoms with van der Waals surface area (Å²) in [5.74, 6) is 0.645. The molecule has 21 heavy (non-hydrogen) atoms. The molecule has 0 radical (unpaired) electrons. The van der Waals surface area contributed by atoms with Crippen molar-refractivity contribution in [1.29, 1.82) is 0 Å². The average molecular weight is 366 g/mol. The molecule has 1 aromatic carbocycles. The summed E-state index contributed by atoms with van der Waals surface area (Å²) in [7, 11) is 0. The number of benzene rings is 1. The standard InChI is InChI=1S/C18H24BrNS/c1-3-16-9-10-17(21-16)12-14(13-20-4-2)11-15-7-5-6-8-18(15)19/h5-10,14,20H,3-4,11-13H2,1-2H3. The highest BCUT2D eigenvalue weighted by molar-refractivity contribution is 9.10. The lowest BCUT2D eigenvalue weighted by molar-refractivity contribution is 0.480. The van der Waals surface area contributed by atoms with Gasteiger partial charge >= 0.3 is 0 Å². The Labute approximate surface area is 140 Å². The molecule has 0 spiro atoms. The van der Waals surface area contributed by atoms with E-state index in [9.17, 15) is 0 Å². The van der Waals surface area contributed by atoms with E-state index in [1.807, 2.05) is 11.3 Å². The van der Waals surface area contributed by atoms with E-state index in [1.54, 1.807) is 0 Å². The summed E-state index contributed by atoms with van der Waals surface area (Å²) in [5, 5.41) is 3.52. The zero-order chi connectivity index (χ0) is 15.1. The van der Waals surface area contributed by atoms with Crippen molar-refractivity contribution in [2.75, 3.05) is 13.1 Å². The first-order valence-electron chi connectivity index (χ1n) is 7.74. The van der Waals surface area contributed by atoms with Gasteiger partial charge in [-0.25, -0.2) is 0 Å². The summed E-state index contributed by atoms with van der Waals surface area (Å²) < 4.78 is 1.23. The lowest BCUT2D eigenvalue weighted by atomic mass is 9.95. The maximum atomic E-state index is 3.68. The molecule has 0 aliphatic rings. The molecule has 2 aromatic rings. The zero-order valence-electron chi connectivity index (χ0n) is 12.9. The lowest BCUT2D eigenvalue weighted by Crippen LogP contribution is -2.25. The van der Waals surface area contributed by atoms with Crippen LogP contribution in [-0.2, 0) is 19.3 Å². The van der Waals surface area contributed by atoms with Crippen LogP contribution in [0.1, 0.15) is 29.2 Å². The van der Waals surface area contributed by atoms with Crippen molar-refractivity contribution in [2.24, 2.45) is 5.92 Å². The van der Waals surface area contributed by atoms with Gasteiger partial charge in [-0.05, 0) is 62.0 Å². The van der Waals surface area contributed by atoms with Crippen molar-refractivity contribution < 1.29 is 0 Å². The molecule has 3 heteroatoms. The van der Waals surface area contributed by atoms with Crippen LogP contribution in [0.4, 0.5) is 0 Å². The molecule has 0 aliphatic carbocycles. The minimum absolute atomic E-state index is 0.645. The second-order valence-corrected chi connectivity index (χ2v) is 7.50. The number of halogens is 1. The first-order valence-corrected chi connectivity index (χ1v) is 9.35. The minimum atomic E-state index is 0.645. The second kappa shape index (κ2) is 8.72. The van der Waals surface area contributed by atoms with Gasteiger partial charge in [-0.3, -0.25) is 0 Å². The maximum absolute atomic E-state index is 3.68. The quantitative estimate of drug-likeness (QED) is 0.687. The SMILES string of the molecule is CCNCC(Cc1ccc(CC)s1)Cc1ccccc1Br. The number of rotatable bonds is 8. The summed E-state index contributed by atoms with van der Waals surface area (Å²) in [6, 6.07) is 13.2. The first kappa shape index (κ1) is 16.7. The van der Waals surface area contributed by atoms with Crippen molar-refractivity contribution in [2.45, 2.75) is 33.1 Å². The fourth-order valence-corrected chi connectivity index (χ4v) is 4.07. The summed E-state index contributed by atoms with van der Waals surface area (Å²) >= 11 is 5.65. The van der Waals surface area contributed by atoms with Crippen LogP contribution in [0.5, 0.6) is 0 Å². The molecule has 1 N–H and O–H groups in total. The van der Waals surface area contributed by atoms with E-state index in [4.69, 9.17) is 0 Å². The van der Waals surface area contributed by atoms with Gasteiger partial charge in [0.2, 0.25) is 0 Å². The summed E-state index contributed by atoms with van der Waals surface area (Å²) in [6.45, 7) is 6.52. The van der Waals surface area contributed by atoms with Gasteiger partial charge < -0.3 is 5.32 Å². The smallest absolute Gasteiger partial charge is 0.0207 e. The molecule has 1 heterocycles. The van der Waals surface area contributed by atoms with Crippen LogP contribution < -0.4 is 5.32 Å². The Kier molecular flexibility index (Phi) is 6.94. The molecule has 1 atom stereocenters. The fraction of sp³-hybridized carbons (Fsp3) is 0.444. The van der Waals surface area contributed by atoms with Gasteiger partial charge in [0.1, 0.15) is 0 Å². The maximum Gasteiger partial charge on any atom is 0.0207 e. The Morgan fingerprint density at radius 1 is 1.05 bits per heavy atom. The largest absolute Gasteiger partial charge is 0.317 e. The van der Waals surface area contributed by atoms with Crippen molar-refractivity contribution in [3.8, 4) is 0 Å². The number of thiophene rings is 1. The normalized spacial score (nSPS) is 12.5. The van der Waals surface area contributed by atoms with Gasteiger partial charge in [0, 0.05) is 14.2 Å². The van der Waals surface area contributed by atoms with Crippen molar-refractivity contribution in [1.82, 2.24) is 5.32 Å². The third kappa shape index (κ3) is 5.24. The van der Waals surface area contributed by atoms with E-state index < -0.39 is 0 Å². The Balaban J connectivity index is 2.05. The Bertz CT molecular complexity index is 550. The third-order valence-electron chi connectivity index (χ3n) is 3.71. The second-order valence-electron chi connectivity index (χ2n) is 5.39. The van der Waals surface area contributed by atoms with Crippen LogP contribution in [0.3, 0.4) is 0 Å². The fourth-order valence-electron chi connectivity index (χ4n) is 2.55. The predicted molar refractivity (Wildman–Crippen MR) is 97.3 cm³/mol. The molecule has 0 fully saturated rings. The number of hydrogen-bond acceptors (Lipinski definition) is 2. The predicted octanol–water partition coefficient (Wildman–Crippen LogP) is 5.08. The average Bonchev–Trinajstić information content (AvgIpc) is 2.94. The molecular weight excluding hydrogens is 342 g/mol. The van der Waals surface area contributed by atoms with Crippen LogP contribution in [0.15, 0.2) is 40.9 Å². The van der Waals surface area contributed by atoms with E-state index >= 15 is 0 Å². The van der Waals surface area contributed by atoms with Crippen LogP contribution >= 0.6 is 27.3 Å². The molecule has 0 saturated carbocycles. The summed E-state index contributed by atoms with van der Waals surface area (Å²) in [6.07, 6.45) is 3.43. The molecule has 0 bridgehead atoms. The van der Waals surface area contributed by atoms with Crippen molar-refractivity contribution in [3.05, 3.63) is 56.2 Å². The van der Waals surface area contributed by atoms with E-state index in [0.29, 0.717) is 5.92 Å². The van der Waals surface area contributed by atoms with Crippen LogP contribution in [-0.4, -0.2) is 13.1 Å². The zero-order valence-corrected chi connectivity index (χ0v) is 15.3. The van der Waals surface area contributed by atoms with Crippen molar-refractivity contribution >= 4 is 27.3 Å². The van der Waals surface area contributed by atoms with Gasteiger partial charge in [0.15, 0.2) is 0 Å². The molecule has 1 unspecified atom stereocenters. The van der Waals surface area contributed by atoms with E-state index in [0.717, 1.165) is 25.9 Å². The van der Waals surface area contributed by atoms with Gasteiger partial charge in [-0.15, -0.1) is 11.3 Å².